The molecule has 1 aromatic heterocycles. The molecule has 0 bridgehead atoms. The first-order chi connectivity index (χ1) is 19.1. The fourth-order valence-corrected chi connectivity index (χ4v) is 6.44. The van der Waals surface area contributed by atoms with Crippen LogP contribution in [0.3, 0.4) is 0 Å². The van der Waals surface area contributed by atoms with E-state index in [0.29, 0.717) is 43.6 Å². The number of anilines is 1. The summed E-state index contributed by atoms with van der Waals surface area (Å²) < 4.78 is 34.6. The molecule has 1 fully saturated rings. The minimum absolute atomic E-state index is 0.0720. The summed E-state index contributed by atoms with van der Waals surface area (Å²) in [6.45, 7) is 5.92. The predicted molar refractivity (Wildman–Crippen MR) is 158 cm³/mol. The van der Waals surface area contributed by atoms with Gasteiger partial charge in [0.15, 0.2) is 0 Å². The summed E-state index contributed by atoms with van der Waals surface area (Å²) >= 11 is 0. The van der Waals surface area contributed by atoms with Crippen molar-refractivity contribution in [3.05, 3.63) is 77.9 Å². The van der Waals surface area contributed by atoms with Crippen molar-refractivity contribution in [2.75, 3.05) is 4.31 Å². The van der Waals surface area contributed by atoms with Gasteiger partial charge in [-0.05, 0) is 81.0 Å². The van der Waals surface area contributed by atoms with Crippen LogP contribution in [0.5, 0.6) is 0 Å². The minimum atomic E-state index is -2.95. The van der Waals surface area contributed by atoms with Gasteiger partial charge in [-0.2, -0.15) is 5.26 Å². The second-order valence-electron chi connectivity index (χ2n) is 11.3. The topological polar surface area (TPSA) is 104 Å². The first-order valence-electron chi connectivity index (χ1n) is 13.6. The van der Waals surface area contributed by atoms with Crippen LogP contribution in [0.1, 0.15) is 57.6 Å². The van der Waals surface area contributed by atoms with Crippen molar-refractivity contribution in [2.45, 2.75) is 70.7 Å². The predicted octanol–water partition coefficient (Wildman–Crippen LogP) is 5.88. The van der Waals surface area contributed by atoms with Crippen LogP contribution in [0.15, 0.2) is 66.7 Å². The summed E-state index contributed by atoms with van der Waals surface area (Å²) in [6, 6.07) is 23.5. The zero-order chi connectivity index (χ0) is 28.4. The second-order valence-corrected chi connectivity index (χ2v) is 12.3. The molecule has 1 amide bonds. The molecular formula is C31H34N4O4S. The maximum Gasteiger partial charge on any atom is 0.407 e. The van der Waals surface area contributed by atoms with Crippen LogP contribution in [0.4, 0.5) is 10.6 Å². The highest BCUT2D eigenvalue weighted by Crippen LogP contribution is 2.34. The molecule has 40 heavy (non-hydrogen) atoms. The molecule has 0 aliphatic heterocycles. The molecule has 0 atom stereocenters. The van der Waals surface area contributed by atoms with Crippen LogP contribution in [-0.4, -0.2) is 36.8 Å². The number of benzene rings is 3. The number of nitrogens with one attached hydrogen (secondary N) is 1. The standard InChI is InChI=1S/C31H34N4O4S/c1-31(2,3)39-30(36)33-25-13-15-26(16-14-25)35(40(37)38)29-18-23-12-11-21(19-32)17-28(23)34(29)20-24-9-6-8-22-7-4-5-10-27(22)24/h4-12,17-18,25-26,40H,13-16,20H2,1-3H3,(H,33,36)/t25-,26-. The average Bonchev–Trinajstić information content (AvgIpc) is 3.25. The van der Waals surface area contributed by atoms with Gasteiger partial charge >= 0.3 is 6.09 Å². The van der Waals surface area contributed by atoms with Gasteiger partial charge < -0.3 is 14.6 Å². The van der Waals surface area contributed by atoms with Gasteiger partial charge in [-0.3, -0.25) is 4.31 Å². The number of hydrogen-bond donors (Lipinski definition) is 2. The van der Waals surface area contributed by atoms with Gasteiger partial charge in [0.25, 0.3) is 0 Å². The molecule has 1 heterocycles. The summed E-state index contributed by atoms with van der Waals surface area (Å²) in [4.78, 5) is 12.3. The first kappa shape index (κ1) is 27.5. The number of ether oxygens (including phenoxy) is 1. The smallest absolute Gasteiger partial charge is 0.407 e. The Bertz CT molecular complexity index is 1660. The van der Waals surface area contributed by atoms with Crippen LogP contribution in [0.25, 0.3) is 21.7 Å². The summed E-state index contributed by atoms with van der Waals surface area (Å²) in [7, 11) is -2.95. The Kier molecular flexibility index (Phi) is 7.72. The largest absolute Gasteiger partial charge is 0.444 e. The van der Waals surface area contributed by atoms with Gasteiger partial charge in [-0.25, -0.2) is 13.2 Å². The molecule has 1 aliphatic carbocycles. The highest BCUT2D eigenvalue weighted by atomic mass is 32.2. The maximum absolute atomic E-state index is 12.8. The molecule has 8 nitrogen and oxygen atoms in total. The second kappa shape index (κ2) is 11.2. The third-order valence-electron chi connectivity index (χ3n) is 7.39. The highest BCUT2D eigenvalue weighted by molar-refractivity contribution is 7.74. The molecule has 9 heteroatoms. The number of thiol groups is 1. The van der Waals surface area contributed by atoms with E-state index in [1.807, 2.05) is 61.7 Å². The average molecular weight is 559 g/mol. The lowest BCUT2D eigenvalue weighted by Crippen LogP contribution is -2.45. The van der Waals surface area contributed by atoms with Crippen molar-refractivity contribution < 1.29 is 17.9 Å². The van der Waals surface area contributed by atoms with Crippen LogP contribution < -0.4 is 9.62 Å². The van der Waals surface area contributed by atoms with E-state index >= 15 is 0 Å². The van der Waals surface area contributed by atoms with E-state index < -0.39 is 22.6 Å². The van der Waals surface area contributed by atoms with Gasteiger partial charge in [0.2, 0.25) is 10.9 Å². The number of carbonyl (C=O) groups excluding carboxylic acids is 1. The lowest BCUT2D eigenvalue weighted by atomic mass is 9.91. The van der Waals surface area contributed by atoms with E-state index in [2.05, 4.69) is 35.7 Å². The van der Waals surface area contributed by atoms with E-state index in [-0.39, 0.29) is 12.1 Å². The van der Waals surface area contributed by atoms with E-state index in [1.54, 1.807) is 6.07 Å². The number of aromatic nitrogens is 1. The Morgan fingerprint density at radius 1 is 1.02 bits per heavy atom. The number of fused-ring (bicyclic) bond motifs is 2. The minimum Gasteiger partial charge on any atom is -0.444 e. The number of nitrogens with zero attached hydrogens (tertiary/aromatic N) is 3. The van der Waals surface area contributed by atoms with Crippen molar-refractivity contribution in [3.8, 4) is 6.07 Å². The SMILES string of the molecule is CC(C)(C)OC(=O)N[C@H]1CC[C@H](N(c2cc3ccc(C#N)cc3n2Cc2cccc3ccccc23)[SH](=O)=O)CC1. The quantitative estimate of drug-likeness (QED) is 0.288. The van der Waals surface area contributed by atoms with E-state index in [4.69, 9.17) is 4.74 Å². The number of amides is 1. The van der Waals surface area contributed by atoms with Crippen LogP contribution in [0, 0.1) is 11.3 Å². The van der Waals surface area contributed by atoms with Gasteiger partial charge in [-0.15, -0.1) is 0 Å². The number of rotatable bonds is 6. The highest BCUT2D eigenvalue weighted by Gasteiger charge is 2.31. The molecule has 3 aromatic carbocycles. The molecular weight excluding hydrogens is 524 g/mol. The Balaban J connectivity index is 1.48. The number of nitriles is 1. The van der Waals surface area contributed by atoms with Crippen molar-refractivity contribution in [3.63, 3.8) is 0 Å². The lowest BCUT2D eigenvalue weighted by Gasteiger charge is -2.35. The summed E-state index contributed by atoms with van der Waals surface area (Å²) in [5.41, 5.74) is 1.81. The van der Waals surface area contributed by atoms with Gasteiger partial charge in [0.05, 0.1) is 23.7 Å². The van der Waals surface area contributed by atoms with Crippen molar-refractivity contribution in [1.29, 1.82) is 5.26 Å². The Hall–Kier alpha value is -4.03. The monoisotopic (exact) mass is 558 g/mol. The Morgan fingerprint density at radius 2 is 1.75 bits per heavy atom. The van der Waals surface area contributed by atoms with Crippen molar-refractivity contribution >= 4 is 44.5 Å². The fourth-order valence-electron chi connectivity index (χ4n) is 5.61. The Labute approximate surface area is 236 Å². The number of carbonyl (C=O) groups is 1. The van der Waals surface area contributed by atoms with Gasteiger partial charge in [-0.1, -0.05) is 48.5 Å². The Morgan fingerprint density at radius 3 is 2.45 bits per heavy atom. The van der Waals surface area contributed by atoms with Crippen molar-refractivity contribution in [1.82, 2.24) is 9.88 Å². The summed E-state index contributed by atoms with van der Waals surface area (Å²) in [5, 5.41) is 15.6. The van der Waals surface area contributed by atoms with Crippen LogP contribution in [0.2, 0.25) is 0 Å². The first-order valence-corrected chi connectivity index (χ1v) is 14.7. The van der Waals surface area contributed by atoms with Gasteiger partial charge in [0.1, 0.15) is 11.4 Å². The summed E-state index contributed by atoms with van der Waals surface area (Å²) in [6.07, 6.45) is 2.04. The van der Waals surface area contributed by atoms with Crippen LogP contribution in [-0.2, 0) is 22.2 Å². The molecule has 1 aliphatic rings. The molecule has 4 aromatic rings. The van der Waals surface area contributed by atoms with E-state index in [9.17, 15) is 18.5 Å². The molecule has 208 valence electrons. The molecule has 0 unspecified atom stereocenters. The molecule has 1 N–H and O–H groups in total. The molecule has 5 rings (SSSR count). The van der Waals surface area contributed by atoms with Crippen LogP contribution >= 0.6 is 0 Å². The maximum atomic E-state index is 12.8. The zero-order valence-corrected chi connectivity index (χ0v) is 23.9. The van der Waals surface area contributed by atoms with Crippen molar-refractivity contribution in [2.24, 2.45) is 0 Å². The third kappa shape index (κ3) is 5.92. The molecule has 1 saturated carbocycles. The normalized spacial score (nSPS) is 17.6. The van der Waals surface area contributed by atoms with E-state index in [0.717, 1.165) is 27.2 Å². The number of alkyl carbamates (subject to hydrolysis) is 1. The molecule has 0 radical (unpaired) electrons. The fraction of sp³-hybridized carbons (Fsp3) is 0.355. The zero-order valence-electron chi connectivity index (χ0n) is 23.0. The summed E-state index contributed by atoms with van der Waals surface area (Å²) in [5.74, 6) is 0.581. The van der Waals surface area contributed by atoms with Gasteiger partial charge in [0, 0.05) is 17.5 Å². The van der Waals surface area contributed by atoms with E-state index in [1.165, 1.54) is 4.31 Å². The molecule has 0 spiro atoms. The molecule has 0 saturated heterocycles. The third-order valence-corrected chi connectivity index (χ3v) is 8.28. The number of hydrogen-bond acceptors (Lipinski definition) is 5. The lowest BCUT2D eigenvalue weighted by molar-refractivity contribution is 0.0491.